The number of piperazine rings is 1. The number of phenols is 1. The number of ether oxygens (including phenoxy) is 1. The lowest BCUT2D eigenvalue weighted by Crippen LogP contribution is -2.55. The van der Waals surface area contributed by atoms with Crippen molar-refractivity contribution in [1.29, 1.82) is 0 Å². The molecule has 1 N–H and O–H groups in total. The van der Waals surface area contributed by atoms with Gasteiger partial charge >= 0.3 is 0 Å². The van der Waals surface area contributed by atoms with E-state index in [1.165, 1.54) is 18.4 Å². The Hall–Kier alpha value is -2.31. The van der Waals surface area contributed by atoms with E-state index in [0.29, 0.717) is 18.4 Å². The topological polar surface area (TPSA) is 39.2 Å². The second-order valence-electron chi connectivity index (χ2n) is 8.24. The number of phenolic OH excluding ortho intramolecular Hbond substituents is 1. The van der Waals surface area contributed by atoms with Gasteiger partial charge in [0.25, 0.3) is 0 Å². The van der Waals surface area contributed by atoms with E-state index in [0.717, 1.165) is 51.5 Å². The van der Waals surface area contributed by atoms with Gasteiger partial charge in [-0.05, 0) is 56.1 Å². The largest absolute Gasteiger partial charge is 0.504 e. The zero-order valence-electron chi connectivity index (χ0n) is 17.8. The third-order valence-corrected chi connectivity index (χ3v) is 6.23. The molecule has 6 heteroatoms. The first-order valence-corrected chi connectivity index (χ1v) is 11.0. The van der Waals surface area contributed by atoms with Gasteiger partial charge in [-0.15, -0.1) is 0 Å². The van der Waals surface area contributed by atoms with Crippen LogP contribution in [0.25, 0.3) is 0 Å². The van der Waals surface area contributed by atoms with Gasteiger partial charge in [0.2, 0.25) is 0 Å². The monoisotopic (exact) mass is 413 g/mol. The van der Waals surface area contributed by atoms with Crippen LogP contribution in [0, 0.1) is 5.82 Å². The zero-order valence-corrected chi connectivity index (χ0v) is 17.8. The molecular weight excluding hydrogens is 381 g/mol. The molecule has 2 aliphatic rings. The number of para-hydroxylation sites is 1. The molecule has 162 valence electrons. The summed E-state index contributed by atoms with van der Waals surface area (Å²) in [6.45, 7) is 9.16. The van der Waals surface area contributed by atoms with E-state index < -0.39 is 0 Å². The Kier molecular flexibility index (Phi) is 6.75. The lowest BCUT2D eigenvalue weighted by Gasteiger charge is -2.44. The van der Waals surface area contributed by atoms with Gasteiger partial charge in [-0.2, -0.15) is 0 Å². The summed E-state index contributed by atoms with van der Waals surface area (Å²) in [6.07, 6.45) is 2.41. The van der Waals surface area contributed by atoms with Crippen molar-refractivity contribution in [3.05, 3.63) is 53.8 Å². The van der Waals surface area contributed by atoms with Crippen molar-refractivity contribution in [3.8, 4) is 11.5 Å². The van der Waals surface area contributed by atoms with E-state index in [1.807, 2.05) is 31.2 Å². The molecule has 0 unspecified atom stereocenters. The molecule has 0 aromatic heterocycles. The molecule has 2 aromatic rings. The summed E-state index contributed by atoms with van der Waals surface area (Å²) < 4.78 is 19.6. The van der Waals surface area contributed by atoms with Gasteiger partial charge in [0.05, 0.1) is 12.3 Å². The van der Waals surface area contributed by atoms with Crippen molar-refractivity contribution in [2.24, 2.45) is 0 Å². The maximum atomic E-state index is 14.1. The first-order valence-electron chi connectivity index (χ1n) is 11.0. The lowest BCUT2D eigenvalue weighted by atomic mass is 10.0. The normalized spacial score (nSPS) is 21.0. The SMILES string of the molecule is CCOc1cc(CN2CCC[C@H](N3CCN(c4ccccc4F)CC3)C2)ccc1O. The van der Waals surface area contributed by atoms with Crippen molar-refractivity contribution in [1.82, 2.24) is 9.80 Å². The summed E-state index contributed by atoms with van der Waals surface area (Å²) in [7, 11) is 0. The summed E-state index contributed by atoms with van der Waals surface area (Å²) >= 11 is 0. The van der Waals surface area contributed by atoms with Crippen molar-refractivity contribution in [3.63, 3.8) is 0 Å². The Morgan fingerprint density at radius 3 is 2.63 bits per heavy atom. The second kappa shape index (κ2) is 9.67. The maximum absolute atomic E-state index is 14.1. The van der Waals surface area contributed by atoms with Crippen LogP contribution in [0.15, 0.2) is 42.5 Å². The van der Waals surface area contributed by atoms with Crippen LogP contribution in [0.4, 0.5) is 10.1 Å². The third kappa shape index (κ3) is 4.87. The zero-order chi connectivity index (χ0) is 20.9. The molecule has 0 saturated carbocycles. The van der Waals surface area contributed by atoms with Crippen LogP contribution in [-0.4, -0.2) is 66.8 Å². The Morgan fingerprint density at radius 1 is 1.07 bits per heavy atom. The lowest BCUT2D eigenvalue weighted by molar-refractivity contribution is 0.0886. The Labute approximate surface area is 178 Å². The molecule has 0 bridgehead atoms. The van der Waals surface area contributed by atoms with Crippen molar-refractivity contribution >= 4 is 5.69 Å². The molecule has 1 atom stereocenters. The van der Waals surface area contributed by atoms with Gasteiger partial charge < -0.3 is 14.7 Å². The number of rotatable bonds is 6. The van der Waals surface area contributed by atoms with Gasteiger partial charge in [-0.1, -0.05) is 18.2 Å². The van der Waals surface area contributed by atoms with E-state index in [2.05, 4.69) is 14.7 Å². The molecule has 0 spiro atoms. The molecular formula is C24H32FN3O2. The molecule has 2 fully saturated rings. The number of halogens is 1. The van der Waals surface area contributed by atoms with Crippen LogP contribution in [0.3, 0.4) is 0 Å². The number of piperidine rings is 1. The highest BCUT2D eigenvalue weighted by Crippen LogP contribution is 2.28. The predicted octanol–water partition coefficient (Wildman–Crippen LogP) is 3.72. The molecule has 4 rings (SSSR count). The second-order valence-corrected chi connectivity index (χ2v) is 8.24. The van der Waals surface area contributed by atoms with Gasteiger partial charge in [-0.3, -0.25) is 9.80 Å². The molecule has 0 aliphatic carbocycles. The number of nitrogens with zero attached hydrogens (tertiary/aromatic N) is 3. The predicted molar refractivity (Wildman–Crippen MR) is 118 cm³/mol. The third-order valence-electron chi connectivity index (χ3n) is 6.23. The number of hydrogen-bond donors (Lipinski definition) is 1. The Morgan fingerprint density at radius 2 is 1.87 bits per heavy atom. The highest BCUT2D eigenvalue weighted by Gasteiger charge is 2.28. The standard InChI is InChI=1S/C24H32FN3O2/c1-2-30-24-16-19(9-10-23(24)29)17-26-11-5-6-20(18-26)27-12-14-28(15-13-27)22-8-4-3-7-21(22)25/h3-4,7-10,16,20,29H,2,5-6,11-15,17-18H2,1H3/t20-/m0/s1. The minimum Gasteiger partial charge on any atom is -0.504 e. The fourth-order valence-electron chi connectivity index (χ4n) is 4.70. The van der Waals surface area contributed by atoms with Gasteiger partial charge in [-0.25, -0.2) is 4.39 Å². The number of hydrogen-bond acceptors (Lipinski definition) is 5. The van der Waals surface area contributed by atoms with Crippen molar-refractivity contribution in [2.75, 3.05) is 50.8 Å². The summed E-state index contributed by atoms with van der Waals surface area (Å²) in [5, 5.41) is 9.93. The summed E-state index contributed by atoms with van der Waals surface area (Å²) in [4.78, 5) is 7.24. The van der Waals surface area contributed by atoms with Gasteiger partial charge in [0.15, 0.2) is 11.5 Å². The van der Waals surface area contributed by atoms with E-state index >= 15 is 0 Å². The van der Waals surface area contributed by atoms with E-state index in [9.17, 15) is 9.50 Å². The first-order chi connectivity index (χ1) is 14.6. The molecule has 2 aliphatic heterocycles. The molecule has 30 heavy (non-hydrogen) atoms. The highest BCUT2D eigenvalue weighted by molar-refractivity contribution is 5.48. The average molecular weight is 414 g/mol. The minimum absolute atomic E-state index is 0.130. The molecule has 2 heterocycles. The number of likely N-dealkylation sites (tertiary alicyclic amines) is 1. The van der Waals surface area contributed by atoms with Gasteiger partial charge in [0.1, 0.15) is 5.82 Å². The summed E-state index contributed by atoms with van der Waals surface area (Å²) in [5.41, 5.74) is 1.89. The Bertz CT molecular complexity index is 839. The first kappa shape index (κ1) is 20.9. The molecule has 2 saturated heterocycles. The van der Waals surface area contributed by atoms with Crippen LogP contribution in [0.1, 0.15) is 25.3 Å². The van der Waals surface area contributed by atoms with Crippen LogP contribution in [-0.2, 0) is 6.54 Å². The Balaban J connectivity index is 1.32. The van der Waals surface area contributed by atoms with Crippen LogP contribution in [0.5, 0.6) is 11.5 Å². The van der Waals surface area contributed by atoms with Crippen LogP contribution >= 0.6 is 0 Å². The fraction of sp³-hybridized carbons (Fsp3) is 0.500. The summed E-state index contributed by atoms with van der Waals surface area (Å²) in [5.74, 6) is 0.632. The average Bonchev–Trinajstić information content (AvgIpc) is 2.77. The fourth-order valence-corrected chi connectivity index (χ4v) is 4.70. The molecule has 0 radical (unpaired) electrons. The van der Waals surface area contributed by atoms with E-state index in [1.54, 1.807) is 18.2 Å². The highest BCUT2D eigenvalue weighted by atomic mass is 19.1. The van der Waals surface area contributed by atoms with Crippen LogP contribution < -0.4 is 9.64 Å². The number of anilines is 1. The maximum Gasteiger partial charge on any atom is 0.161 e. The number of benzene rings is 2. The molecule has 0 amide bonds. The summed E-state index contributed by atoms with van der Waals surface area (Å²) in [6, 6.07) is 13.3. The van der Waals surface area contributed by atoms with E-state index in [-0.39, 0.29) is 11.6 Å². The van der Waals surface area contributed by atoms with Crippen LogP contribution in [0.2, 0.25) is 0 Å². The number of aromatic hydroxyl groups is 1. The molecule has 2 aromatic carbocycles. The smallest absolute Gasteiger partial charge is 0.161 e. The van der Waals surface area contributed by atoms with Crippen molar-refractivity contribution in [2.45, 2.75) is 32.4 Å². The molecule has 5 nitrogen and oxygen atoms in total. The van der Waals surface area contributed by atoms with Crippen molar-refractivity contribution < 1.29 is 14.2 Å². The minimum atomic E-state index is -0.130. The quantitative estimate of drug-likeness (QED) is 0.782. The van der Waals surface area contributed by atoms with Gasteiger partial charge in [0, 0.05) is 45.3 Å². The van der Waals surface area contributed by atoms with E-state index in [4.69, 9.17) is 4.74 Å².